The molecule has 0 aromatic heterocycles. The normalized spacial score (nSPS) is 17.2. The van der Waals surface area contributed by atoms with Gasteiger partial charge in [-0.05, 0) is 74.1 Å². The lowest BCUT2D eigenvalue weighted by molar-refractivity contribution is 0.0169. The fourth-order valence-corrected chi connectivity index (χ4v) is 5.21. The van der Waals surface area contributed by atoms with E-state index in [1.165, 1.54) is 17.7 Å². The zero-order valence-corrected chi connectivity index (χ0v) is 23.2. The molecule has 2 aliphatic rings. The van der Waals surface area contributed by atoms with Crippen molar-refractivity contribution in [3.05, 3.63) is 93.6 Å². The van der Waals surface area contributed by atoms with E-state index in [4.69, 9.17) is 4.74 Å². The molecule has 1 heterocycles. The van der Waals surface area contributed by atoms with E-state index < -0.39 is 11.7 Å². The lowest BCUT2D eigenvalue weighted by Crippen LogP contribution is -2.57. The van der Waals surface area contributed by atoms with E-state index in [-0.39, 0.29) is 17.8 Å². The summed E-state index contributed by atoms with van der Waals surface area (Å²) < 4.78 is 62.0. The van der Waals surface area contributed by atoms with Crippen LogP contribution in [0.1, 0.15) is 67.9 Å². The van der Waals surface area contributed by atoms with E-state index in [1.54, 1.807) is 6.92 Å². The maximum absolute atomic E-state index is 14.5. The largest absolute Gasteiger partial charge is 0.461 e. The third-order valence-corrected chi connectivity index (χ3v) is 7.44. The molecule has 1 aliphatic carbocycles. The molecule has 2 aromatic rings. The molecule has 0 bridgehead atoms. The Morgan fingerprint density at radius 1 is 1.08 bits per heavy atom. The van der Waals surface area contributed by atoms with E-state index in [9.17, 15) is 17.6 Å². The summed E-state index contributed by atoms with van der Waals surface area (Å²) in [6.45, 7) is 8.92. The Hall–Kier alpha value is -3.06. The number of halogens is 4. The van der Waals surface area contributed by atoms with Crippen molar-refractivity contribution in [2.75, 3.05) is 26.3 Å². The molecular formula is C32H38F4N2O. The number of rotatable bonds is 11. The first kappa shape index (κ1) is 28.9. The molecule has 7 heteroatoms. The third kappa shape index (κ3) is 7.13. The molecule has 0 atom stereocenters. The van der Waals surface area contributed by atoms with Gasteiger partial charge >= 0.3 is 0 Å². The van der Waals surface area contributed by atoms with Crippen LogP contribution in [0.3, 0.4) is 0 Å². The summed E-state index contributed by atoms with van der Waals surface area (Å²) in [5.41, 5.74) is 4.50. The minimum atomic E-state index is -3.22. The van der Waals surface area contributed by atoms with Crippen LogP contribution in [0.25, 0.3) is 11.3 Å². The van der Waals surface area contributed by atoms with Crippen LogP contribution in [0.4, 0.5) is 17.6 Å². The number of ether oxygens (including phenoxy) is 1. The lowest BCUT2D eigenvalue weighted by Gasteiger charge is -2.40. The van der Waals surface area contributed by atoms with Crippen LogP contribution in [0.15, 0.2) is 60.0 Å². The molecule has 0 amide bonds. The Kier molecular flexibility index (Phi) is 9.21. The molecule has 0 radical (unpaired) electrons. The molecule has 0 saturated carbocycles. The average Bonchev–Trinajstić information content (AvgIpc) is 2.88. The second-order valence-electron chi connectivity index (χ2n) is 10.6. The molecule has 1 fully saturated rings. The minimum Gasteiger partial charge on any atom is -0.461 e. The van der Waals surface area contributed by atoms with Gasteiger partial charge in [-0.1, -0.05) is 31.2 Å². The topological polar surface area (TPSA) is 24.5 Å². The van der Waals surface area contributed by atoms with Crippen molar-refractivity contribution in [3.63, 3.8) is 0 Å². The molecule has 3 nitrogen and oxygen atoms in total. The number of allylic oxidation sites excluding steroid dienone is 5. The Morgan fingerprint density at radius 3 is 2.44 bits per heavy atom. The van der Waals surface area contributed by atoms with Crippen LogP contribution in [0.5, 0.6) is 0 Å². The van der Waals surface area contributed by atoms with Gasteiger partial charge in [0, 0.05) is 55.4 Å². The summed E-state index contributed by atoms with van der Waals surface area (Å²) in [7, 11) is 0. The Balaban J connectivity index is 1.63. The minimum absolute atomic E-state index is 0.259. The summed E-state index contributed by atoms with van der Waals surface area (Å²) in [6, 6.07) is 9.95. The first-order valence-corrected chi connectivity index (χ1v) is 13.7. The van der Waals surface area contributed by atoms with Gasteiger partial charge in [0.15, 0.2) is 0 Å². The van der Waals surface area contributed by atoms with Crippen molar-refractivity contribution in [2.24, 2.45) is 0 Å². The number of likely N-dealkylation sites (tertiary alicyclic amines) is 1. The number of nitrogens with zero attached hydrogens (tertiary/aromatic N) is 1. The fraction of sp³-hybridized carbons (Fsp3) is 0.438. The molecule has 1 aliphatic heterocycles. The Bertz CT molecular complexity index is 1270. The molecule has 1 saturated heterocycles. The van der Waals surface area contributed by atoms with Crippen LogP contribution in [-0.4, -0.2) is 37.3 Å². The average molecular weight is 543 g/mol. The standard InChI is InChI=1S/C32H38F4N2O/c1-5-23-7-13-28(21(2)17-23)31(22(3)29-14-8-24(34)18-30(29)32(4,35)36)39-27-11-9-25(10-12-27)37-26-19-38(20-26)16-6-15-33/h7-9,11,13-14,17-18,26,37H,5-6,10,12,15-16,19-20H2,1-4H3/b31-22-. The second-order valence-corrected chi connectivity index (χ2v) is 10.6. The van der Waals surface area contributed by atoms with Gasteiger partial charge in [-0.3, -0.25) is 9.29 Å². The van der Waals surface area contributed by atoms with Gasteiger partial charge in [0.05, 0.1) is 12.7 Å². The SMILES string of the molecule is CCc1ccc(/C(OC2=CC=C(NC3CN(CCCF)C3)CC2)=C(\C)c2ccc(F)cc2C(C)(F)F)c(C)c1. The Labute approximate surface area is 229 Å². The summed E-state index contributed by atoms with van der Waals surface area (Å²) in [4.78, 5) is 2.24. The lowest BCUT2D eigenvalue weighted by atomic mass is 9.92. The first-order chi connectivity index (χ1) is 18.6. The number of nitrogens with one attached hydrogen (secondary N) is 1. The van der Waals surface area contributed by atoms with Crippen LogP contribution >= 0.6 is 0 Å². The smallest absolute Gasteiger partial charge is 0.271 e. The zero-order chi connectivity index (χ0) is 28.2. The number of alkyl halides is 3. The maximum Gasteiger partial charge on any atom is 0.271 e. The van der Waals surface area contributed by atoms with E-state index >= 15 is 0 Å². The second kappa shape index (κ2) is 12.4. The fourth-order valence-electron chi connectivity index (χ4n) is 5.21. The van der Waals surface area contributed by atoms with Crippen molar-refractivity contribution >= 4 is 11.3 Å². The summed E-state index contributed by atoms with van der Waals surface area (Å²) >= 11 is 0. The van der Waals surface area contributed by atoms with Gasteiger partial charge in [-0.25, -0.2) is 13.2 Å². The molecule has 39 heavy (non-hydrogen) atoms. The van der Waals surface area contributed by atoms with E-state index in [2.05, 4.69) is 23.2 Å². The molecule has 0 spiro atoms. The van der Waals surface area contributed by atoms with Gasteiger partial charge in [0.1, 0.15) is 17.3 Å². The van der Waals surface area contributed by atoms with Crippen molar-refractivity contribution in [2.45, 2.75) is 65.3 Å². The zero-order valence-electron chi connectivity index (χ0n) is 23.2. The van der Waals surface area contributed by atoms with E-state index in [1.807, 2.05) is 31.2 Å². The van der Waals surface area contributed by atoms with E-state index in [0.29, 0.717) is 30.2 Å². The van der Waals surface area contributed by atoms with Crippen LogP contribution in [-0.2, 0) is 17.1 Å². The number of benzene rings is 2. The highest BCUT2D eigenvalue weighted by molar-refractivity contribution is 5.89. The highest BCUT2D eigenvalue weighted by Gasteiger charge is 2.30. The van der Waals surface area contributed by atoms with Gasteiger partial charge in [-0.2, -0.15) is 0 Å². The molecular weight excluding hydrogens is 504 g/mol. The van der Waals surface area contributed by atoms with Gasteiger partial charge in [-0.15, -0.1) is 0 Å². The predicted octanol–water partition coefficient (Wildman–Crippen LogP) is 7.91. The quantitative estimate of drug-likeness (QED) is 0.177. The Morgan fingerprint density at radius 2 is 1.82 bits per heavy atom. The molecule has 2 aromatic carbocycles. The highest BCUT2D eigenvalue weighted by Crippen LogP contribution is 2.39. The van der Waals surface area contributed by atoms with Crippen LogP contribution < -0.4 is 5.32 Å². The van der Waals surface area contributed by atoms with Gasteiger partial charge < -0.3 is 10.1 Å². The molecule has 210 valence electrons. The third-order valence-electron chi connectivity index (χ3n) is 7.44. The van der Waals surface area contributed by atoms with Gasteiger partial charge in [0.2, 0.25) is 0 Å². The maximum atomic E-state index is 14.5. The van der Waals surface area contributed by atoms with Crippen molar-refractivity contribution < 1.29 is 22.3 Å². The van der Waals surface area contributed by atoms with Gasteiger partial charge in [0.25, 0.3) is 5.92 Å². The summed E-state index contributed by atoms with van der Waals surface area (Å²) in [6.07, 6.45) is 6.80. The summed E-state index contributed by atoms with van der Waals surface area (Å²) in [5, 5.41) is 3.56. The predicted molar refractivity (Wildman–Crippen MR) is 149 cm³/mol. The van der Waals surface area contributed by atoms with Crippen molar-refractivity contribution in [1.82, 2.24) is 10.2 Å². The highest BCUT2D eigenvalue weighted by atomic mass is 19.3. The summed E-state index contributed by atoms with van der Waals surface area (Å²) in [5.74, 6) is -2.70. The van der Waals surface area contributed by atoms with Crippen LogP contribution in [0, 0.1) is 12.7 Å². The number of hydrogen-bond donors (Lipinski definition) is 1. The molecule has 4 rings (SSSR count). The monoisotopic (exact) mass is 542 g/mol. The van der Waals surface area contributed by atoms with Crippen molar-refractivity contribution in [3.8, 4) is 0 Å². The molecule has 1 N–H and O–H groups in total. The number of hydrogen-bond acceptors (Lipinski definition) is 3. The van der Waals surface area contributed by atoms with Crippen LogP contribution in [0.2, 0.25) is 0 Å². The van der Waals surface area contributed by atoms with E-state index in [0.717, 1.165) is 68.0 Å². The first-order valence-electron chi connectivity index (χ1n) is 13.7. The number of aryl methyl sites for hydroxylation is 2. The molecule has 0 unspecified atom stereocenters. The van der Waals surface area contributed by atoms with Crippen molar-refractivity contribution in [1.29, 1.82) is 0 Å².